The maximum absolute atomic E-state index is 12.7. The summed E-state index contributed by atoms with van der Waals surface area (Å²) in [5, 5.41) is 13.5. The Balaban J connectivity index is 1.35. The largest absolute Gasteiger partial charge is 0.354 e. The van der Waals surface area contributed by atoms with E-state index in [2.05, 4.69) is 26.2 Å². The molecule has 7 heteroatoms. The van der Waals surface area contributed by atoms with Crippen LogP contribution in [0.2, 0.25) is 0 Å². The molecule has 2 aromatic rings. The molecule has 1 aliphatic carbocycles. The van der Waals surface area contributed by atoms with Crippen molar-refractivity contribution in [1.82, 2.24) is 9.88 Å². The predicted molar refractivity (Wildman–Crippen MR) is 116 cm³/mol. The summed E-state index contributed by atoms with van der Waals surface area (Å²) in [7, 11) is 0. The Morgan fingerprint density at radius 1 is 1.14 bits per heavy atom. The van der Waals surface area contributed by atoms with Gasteiger partial charge in [-0.1, -0.05) is 18.9 Å². The monoisotopic (exact) mass is 409 g/mol. The van der Waals surface area contributed by atoms with Gasteiger partial charge in [0, 0.05) is 37.3 Å². The van der Waals surface area contributed by atoms with E-state index in [-0.39, 0.29) is 5.91 Å². The number of hydrogen-bond acceptors (Lipinski definition) is 6. The maximum Gasteiger partial charge on any atom is 0.239 e. The summed E-state index contributed by atoms with van der Waals surface area (Å²) in [6.07, 6.45) is 8.59. The topological polar surface area (TPSA) is 72.3 Å². The standard InChI is InChI=1S/C22H27N5OS/c23-15-18-17-7-3-1-2-4-8-19(17)29-22(18)25-21(28)16-26-11-13-27(14-12-26)20-9-5-6-10-24-20/h5-6,9-10H,1-4,7-8,11-14,16H2,(H,25,28). The number of piperazine rings is 1. The van der Waals surface area contributed by atoms with E-state index in [1.807, 2.05) is 24.4 Å². The van der Waals surface area contributed by atoms with Crippen molar-refractivity contribution in [2.75, 3.05) is 42.9 Å². The number of anilines is 2. The average molecular weight is 410 g/mol. The van der Waals surface area contributed by atoms with Crippen LogP contribution in [0.25, 0.3) is 0 Å². The van der Waals surface area contributed by atoms with E-state index >= 15 is 0 Å². The van der Waals surface area contributed by atoms with Gasteiger partial charge in [-0.2, -0.15) is 5.26 Å². The number of aryl methyl sites for hydroxylation is 1. The molecule has 6 nitrogen and oxygen atoms in total. The second-order valence-corrected chi connectivity index (χ2v) is 8.84. The van der Waals surface area contributed by atoms with Crippen LogP contribution in [0.15, 0.2) is 24.4 Å². The van der Waals surface area contributed by atoms with Crippen molar-refractivity contribution in [2.24, 2.45) is 0 Å². The molecule has 2 aliphatic rings. The molecule has 0 bridgehead atoms. The summed E-state index contributed by atoms with van der Waals surface area (Å²) in [6.45, 7) is 3.75. The third-order valence-corrected chi connectivity index (χ3v) is 6.96. The van der Waals surface area contributed by atoms with Crippen LogP contribution in [-0.4, -0.2) is 48.5 Å². The Bertz CT molecular complexity index is 881. The summed E-state index contributed by atoms with van der Waals surface area (Å²) in [4.78, 5) is 22.8. The zero-order valence-corrected chi connectivity index (χ0v) is 17.5. The zero-order valence-electron chi connectivity index (χ0n) is 16.7. The molecule has 1 amide bonds. The van der Waals surface area contributed by atoms with Crippen LogP contribution in [0.1, 0.15) is 41.7 Å². The van der Waals surface area contributed by atoms with Crippen molar-refractivity contribution in [2.45, 2.75) is 38.5 Å². The van der Waals surface area contributed by atoms with Gasteiger partial charge in [-0.05, 0) is 43.4 Å². The molecule has 1 aliphatic heterocycles. The Morgan fingerprint density at radius 3 is 2.66 bits per heavy atom. The molecule has 29 heavy (non-hydrogen) atoms. The number of pyridine rings is 1. The maximum atomic E-state index is 12.7. The van der Waals surface area contributed by atoms with Crippen molar-refractivity contribution in [3.8, 4) is 6.07 Å². The van der Waals surface area contributed by atoms with Crippen LogP contribution in [0, 0.1) is 11.3 Å². The third kappa shape index (κ3) is 4.77. The predicted octanol–water partition coefficient (Wildman–Crippen LogP) is 3.43. The van der Waals surface area contributed by atoms with Gasteiger partial charge in [-0.3, -0.25) is 9.69 Å². The van der Waals surface area contributed by atoms with Gasteiger partial charge >= 0.3 is 0 Å². The minimum absolute atomic E-state index is 0.0259. The van der Waals surface area contributed by atoms with Gasteiger partial charge in [0.2, 0.25) is 5.91 Å². The molecule has 0 unspecified atom stereocenters. The van der Waals surface area contributed by atoms with Gasteiger partial charge in [-0.15, -0.1) is 11.3 Å². The number of fused-ring (bicyclic) bond motifs is 1. The molecule has 1 saturated heterocycles. The van der Waals surface area contributed by atoms with E-state index < -0.39 is 0 Å². The SMILES string of the molecule is N#Cc1c(NC(=O)CN2CCN(c3ccccn3)CC2)sc2c1CCCCCC2. The number of aromatic nitrogens is 1. The van der Waals surface area contributed by atoms with Gasteiger partial charge in [0.1, 0.15) is 16.9 Å². The molecule has 1 fully saturated rings. The molecule has 4 rings (SSSR count). The lowest BCUT2D eigenvalue weighted by Crippen LogP contribution is -2.48. The van der Waals surface area contributed by atoms with Crippen molar-refractivity contribution < 1.29 is 4.79 Å². The van der Waals surface area contributed by atoms with Gasteiger partial charge in [0.15, 0.2) is 0 Å². The van der Waals surface area contributed by atoms with E-state index in [4.69, 9.17) is 0 Å². The highest BCUT2D eigenvalue weighted by Crippen LogP contribution is 2.36. The highest BCUT2D eigenvalue weighted by Gasteiger charge is 2.23. The molecule has 0 aromatic carbocycles. The fourth-order valence-corrected chi connectivity index (χ4v) is 5.43. The Hall–Kier alpha value is -2.43. The molecular formula is C22H27N5OS. The first-order chi connectivity index (χ1) is 14.2. The molecule has 0 radical (unpaired) electrons. The van der Waals surface area contributed by atoms with E-state index in [1.54, 1.807) is 11.3 Å². The van der Waals surface area contributed by atoms with Crippen LogP contribution in [-0.2, 0) is 17.6 Å². The van der Waals surface area contributed by atoms with Gasteiger partial charge < -0.3 is 10.2 Å². The average Bonchev–Trinajstić information content (AvgIpc) is 3.04. The smallest absolute Gasteiger partial charge is 0.239 e. The first kappa shape index (κ1) is 19.9. The molecule has 0 spiro atoms. The second-order valence-electron chi connectivity index (χ2n) is 7.73. The Kier molecular flexibility index (Phi) is 6.43. The number of thiophene rings is 1. The Labute approximate surface area is 176 Å². The summed E-state index contributed by atoms with van der Waals surface area (Å²) < 4.78 is 0. The highest BCUT2D eigenvalue weighted by atomic mass is 32.1. The number of nitrogens with one attached hydrogen (secondary N) is 1. The lowest BCUT2D eigenvalue weighted by atomic mass is 9.97. The lowest BCUT2D eigenvalue weighted by Gasteiger charge is -2.34. The number of carbonyl (C=O) groups excluding carboxylic acids is 1. The molecule has 2 aromatic heterocycles. The van der Waals surface area contributed by atoms with Crippen molar-refractivity contribution in [1.29, 1.82) is 5.26 Å². The third-order valence-electron chi connectivity index (χ3n) is 5.75. The van der Waals surface area contributed by atoms with Crippen molar-refractivity contribution in [3.63, 3.8) is 0 Å². The number of carbonyl (C=O) groups is 1. The number of hydrogen-bond donors (Lipinski definition) is 1. The molecular weight excluding hydrogens is 382 g/mol. The summed E-state index contributed by atoms with van der Waals surface area (Å²) in [5.41, 5.74) is 1.87. The number of nitrogens with zero attached hydrogens (tertiary/aromatic N) is 4. The number of rotatable bonds is 4. The molecule has 152 valence electrons. The normalized spacial score (nSPS) is 17.7. The second kappa shape index (κ2) is 9.38. The van der Waals surface area contributed by atoms with E-state index in [0.29, 0.717) is 12.1 Å². The first-order valence-electron chi connectivity index (χ1n) is 10.5. The van der Waals surface area contributed by atoms with Crippen LogP contribution in [0.3, 0.4) is 0 Å². The zero-order chi connectivity index (χ0) is 20.1. The number of nitriles is 1. The first-order valence-corrected chi connectivity index (χ1v) is 11.3. The summed E-state index contributed by atoms with van der Waals surface area (Å²) >= 11 is 1.61. The van der Waals surface area contributed by atoms with Crippen LogP contribution in [0.5, 0.6) is 0 Å². The fraction of sp³-hybridized carbons (Fsp3) is 0.500. The molecule has 0 atom stereocenters. The van der Waals surface area contributed by atoms with E-state index in [1.165, 1.54) is 29.7 Å². The van der Waals surface area contributed by atoms with Crippen LogP contribution < -0.4 is 10.2 Å². The molecule has 3 heterocycles. The van der Waals surface area contributed by atoms with Gasteiger partial charge in [-0.25, -0.2) is 4.98 Å². The minimum Gasteiger partial charge on any atom is -0.354 e. The minimum atomic E-state index is -0.0259. The van der Waals surface area contributed by atoms with Gasteiger partial charge in [0.25, 0.3) is 0 Å². The summed E-state index contributed by atoms with van der Waals surface area (Å²) in [5.74, 6) is 0.966. The van der Waals surface area contributed by atoms with E-state index in [9.17, 15) is 10.1 Å². The van der Waals surface area contributed by atoms with Crippen LogP contribution >= 0.6 is 11.3 Å². The fourth-order valence-electron chi connectivity index (χ4n) is 4.17. The molecule has 1 N–H and O–H groups in total. The summed E-state index contributed by atoms with van der Waals surface area (Å²) in [6, 6.07) is 8.30. The van der Waals surface area contributed by atoms with E-state index in [0.717, 1.165) is 56.3 Å². The quantitative estimate of drug-likeness (QED) is 0.838. The molecule has 0 saturated carbocycles. The van der Waals surface area contributed by atoms with Gasteiger partial charge in [0.05, 0.1) is 12.1 Å². The Morgan fingerprint density at radius 2 is 1.93 bits per heavy atom. The van der Waals surface area contributed by atoms with Crippen molar-refractivity contribution in [3.05, 3.63) is 40.4 Å². The number of amides is 1. The van der Waals surface area contributed by atoms with Crippen molar-refractivity contribution >= 4 is 28.1 Å². The van der Waals surface area contributed by atoms with Crippen LogP contribution in [0.4, 0.5) is 10.8 Å². The highest BCUT2D eigenvalue weighted by molar-refractivity contribution is 7.16. The lowest BCUT2D eigenvalue weighted by molar-refractivity contribution is -0.117.